The Morgan fingerprint density at radius 2 is 2.26 bits per heavy atom. The Kier molecular flexibility index (Phi) is 4.05. The summed E-state index contributed by atoms with van der Waals surface area (Å²) in [6.45, 7) is 0.847. The van der Waals surface area contributed by atoms with Gasteiger partial charge in [-0.2, -0.15) is 0 Å². The zero-order chi connectivity index (χ0) is 16.6. The summed E-state index contributed by atoms with van der Waals surface area (Å²) in [5.74, 6) is 0.0503. The second-order valence-corrected chi connectivity index (χ2v) is 5.86. The molecular formula is C14H16ClN5O3. The van der Waals surface area contributed by atoms with E-state index >= 15 is 0 Å². The number of nitrogens with zero attached hydrogens (tertiary/aromatic N) is 5. The zero-order valence-corrected chi connectivity index (χ0v) is 13.5. The molecule has 1 saturated heterocycles. The molecule has 0 radical (unpaired) electrons. The van der Waals surface area contributed by atoms with Crippen molar-refractivity contribution in [2.75, 3.05) is 20.7 Å². The van der Waals surface area contributed by atoms with Crippen LogP contribution in [0.3, 0.4) is 0 Å². The van der Waals surface area contributed by atoms with Crippen molar-refractivity contribution in [3.8, 4) is 5.82 Å². The molecule has 1 unspecified atom stereocenters. The van der Waals surface area contributed by atoms with Crippen LogP contribution in [0.1, 0.15) is 17.7 Å². The number of carbonyl (C=O) groups excluding carboxylic acids is 1. The normalized spacial score (nSPS) is 21.2. The van der Waals surface area contributed by atoms with Crippen molar-refractivity contribution in [1.82, 2.24) is 24.9 Å². The van der Waals surface area contributed by atoms with Crippen molar-refractivity contribution in [2.45, 2.75) is 18.6 Å². The lowest BCUT2D eigenvalue weighted by atomic mass is 9.99. The van der Waals surface area contributed by atoms with Crippen LogP contribution in [-0.2, 0) is 21.7 Å². The van der Waals surface area contributed by atoms with Gasteiger partial charge in [-0.05, 0) is 17.7 Å². The molecule has 1 aliphatic rings. The average molecular weight is 338 g/mol. The number of halogens is 1. The lowest BCUT2D eigenvalue weighted by Gasteiger charge is -2.17. The van der Waals surface area contributed by atoms with Gasteiger partial charge in [0.2, 0.25) is 0 Å². The van der Waals surface area contributed by atoms with Gasteiger partial charge in [-0.25, -0.2) is 9.67 Å². The highest BCUT2D eigenvalue weighted by Gasteiger charge is 2.47. The molecule has 122 valence electrons. The van der Waals surface area contributed by atoms with Gasteiger partial charge < -0.3 is 14.7 Å². The van der Waals surface area contributed by atoms with Crippen molar-refractivity contribution in [3.63, 3.8) is 0 Å². The molecule has 1 N–H and O–H groups in total. The van der Waals surface area contributed by atoms with Gasteiger partial charge in [-0.15, -0.1) is 5.10 Å². The lowest BCUT2D eigenvalue weighted by molar-refractivity contribution is -0.143. The summed E-state index contributed by atoms with van der Waals surface area (Å²) in [7, 11) is 3.22. The first kappa shape index (κ1) is 15.9. The quantitative estimate of drug-likeness (QED) is 0.817. The number of aromatic nitrogens is 4. The SMILES string of the molecule is COCc1cc(Cl)nc(-n2cc(C3(O)CCN(C)C3=O)nn2)c1. The molecule has 23 heavy (non-hydrogen) atoms. The fourth-order valence-corrected chi connectivity index (χ4v) is 2.79. The smallest absolute Gasteiger partial charge is 0.260 e. The second kappa shape index (κ2) is 5.88. The van der Waals surface area contributed by atoms with Gasteiger partial charge in [0.05, 0.1) is 12.8 Å². The third-order valence-corrected chi connectivity index (χ3v) is 4.01. The highest BCUT2D eigenvalue weighted by atomic mass is 35.5. The average Bonchev–Trinajstić information content (AvgIpc) is 3.10. The maximum Gasteiger partial charge on any atom is 0.260 e. The maximum atomic E-state index is 12.1. The molecule has 1 aliphatic heterocycles. The highest BCUT2D eigenvalue weighted by molar-refractivity contribution is 6.29. The summed E-state index contributed by atoms with van der Waals surface area (Å²) < 4.78 is 6.46. The first-order valence-electron chi connectivity index (χ1n) is 7.00. The number of likely N-dealkylation sites (N-methyl/N-ethyl adjacent to an activating group) is 1. The zero-order valence-electron chi connectivity index (χ0n) is 12.7. The van der Waals surface area contributed by atoms with E-state index in [0.717, 1.165) is 5.56 Å². The molecule has 0 aliphatic carbocycles. The van der Waals surface area contributed by atoms with E-state index in [2.05, 4.69) is 15.3 Å². The van der Waals surface area contributed by atoms with Gasteiger partial charge in [-0.3, -0.25) is 4.79 Å². The first-order valence-corrected chi connectivity index (χ1v) is 7.38. The van der Waals surface area contributed by atoms with E-state index < -0.39 is 5.60 Å². The number of hydrogen-bond acceptors (Lipinski definition) is 6. The van der Waals surface area contributed by atoms with E-state index in [1.807, 2.05) is 0 Å². The van der Waals surface area contributed by atoms with Crippen molar-refractivity contribution in [2.24, 2.45) is 0 Å². The summed E-state index contributed by atoms with van der Waals surface area (Å²) in [6.07, 6.45) is 1.77. The molecule has 0 bridgehead atoms. The van der Waals surface area contributed by atoms with Gasteiger partial charge in [0.25, 0.3) is 5.91 Å². The third-order valence-electron chi connectivity index (χ3n) is 3.81. The summed E-state index contributed by atoms with van der Waals surface area (Å²) in [6, 6.07) is 3.44. The molecule has 0 spiro atoms. The Morgan fingerprint density at radius 1 is 1.48 bits per heavy atom. The number of likely N-dealkylation sites (tertiary alicyclic amines) is 1. The third kappa shape index (κ3) is 2.80. The number of methoxy groups -OCH3 is 1. The van der Waals surface area contributed by atoms with Crippen LogP contribution < -0.4 is 0 Å². The van der Waals surface area contributed by atoms with Gasteiger partial charge >= 0.3 is 0 Å². The number of rotatable bonds is 4. The van der Waals surface area contributed by atoms with Crippen LogP contribution in [0, 0.1) is 0 Å². The van der Waals surface area contributed by atoms with Gasteiger partial charge in [-0.1, -0.05) is 16.8 Å². The van der Waals surface area contributed by atoms with Crippen molar-refractivity contribution in [1.29, 1.82) is 0 Å². The fraction of sp³-hybridized carbons (Fsp3) is 0.429. The number of carbonyl (C=O) groups is 1. The Morgan fingerprint density at radius 3 is 2.91 bits per heavy atom. The van der Waals surface area contributed by atoms with Crippen LogP contribution in [0.4, 0.5) is 0 Å². The van der Waals surface area contributed by atoms with E-state index in [9.17, 15) is 9.90 Å². The minimum Gasteiger partial charge on any atom is -0.380 e. The molecule has 0 aromatic carbocycles. The molecule has 2 aromatic rings. The van der Waals surface area contributed by atoms with E-state index in [1.165, 1.54) is 15.8 Å². The molecule has 8 nitrogen and oxygen atoms in total. The molecule has 0 saturated carbocycles. The van der Waals surface area contributed by atoms with Crippen LogP contribution in [0.15, 0.2) is 18.3 Å². The summed E-state index contributed by atoms with van der Waals surface area (Å²) in [5, 5.41) is 18.8. The Bertz CT molecular complexity index is 750. The summed E-state index contributed by atoms with van der Waals surface area (Å²) in [4.78, 5) is 17.8. The van der Waals surface area contributed by atoms with Gasteiger partial charge in [0.15, 0.2) is 11.4 Å². The van der Waals surface area contributed by atoms with E-state index in [0.29, 0.717) is 24.1 Å². The Labute approximate surface area is 137 Å². The molecule has 9 heteroatoms. The van der Waals surface area contributed by atoms with Crippen molar-refractivity contribution >= 4 is 17.5 Å². The minimum absolute atomic E-state index is 0.196. The van der Waals surface area contributed by atoms with Crippen LogP contribution in [0.25, 0.3) is 5.82 Å². The van der Waals surface area contributed by atoms with Crippen LogP contribution in [-0.4, -0.2) is 56.6 Å². The number of ether oxygens (including phenoxy) is 1. The molecular weight excluding hydrogens is 322 g/mol. The molecule has 1 atom stereocenters. The number of hydrogen-bond donors (Lipinski definition) is 1. The monoisotopic (exact) mass is 337 g/mol. The second-order valence-electron chi connectivity index (χ2n) is 5.47. The predicted molar refractivity (Wildman–Crippen MR) is 81.0 cm³/mol. The largest absolute Gasteiger partial charge is 0.380 e. The highest BCUT2D eigenvalue weighted by Crippen LogP contribution is 2.31. The van der Waals surface area contributed by atoms with E-state index in [-0.39, 0.29) is 18.0 Å². The molecule has 1 fully saturated rings. The molecule has 1 amide bonds. The maximum absolute atomic E-state index is 12.1. The molecule has 3 rings (SSSR count). The fourth-order valence-electron chi connectivity index (χ4n) is 2.56. The van der Waals surface area contributed by atoms with Gasteiger partial charge in [0.1, 0.15) is 10.8 Å². The number of amides is 1. The Hall–Kier alpha value is -2.03. The topological polar surface area (TPSA) is 93.4 Å². The minimum atomic E-state index is -1.64. The Balaban J connectivity index is 1.95. The van der Waals surface area contributed by atoms with Crippen LogP contribution in [0.5, 0.6) is 0 Å². The van der Waals surface area contributed by atoms with E-state index in [1.54, 1.807) is 26.3 Å². The predicted octanol–water partition coefficient (Wildman–Crippen LogP) is 0.512. The van der Waals surface area contributed by atoms with E-state index in [4.69, 9.17) is 16.3 Å². The summed E-state index contributed by atoms with van der Waals surface area (Å²) >= 11 is 6.00. The van der Waals surface area contributed by atoms with Crippen molar-refractivity contribution < 1.29 is 14.6 Å². The van der Waals surface area contributed by atoms with Crippen molar-refractivity contribution in [3.05, 3.63) is 34.7 Å². The lowest BCUT2D eigenvalue weighted by Crippen LogP contribution is -2.36. The standard InChI is InChI=1S/C14H16ClN5O3/c1-19-4-3-14(22,13(19)21)10-7-20(18-17-10)12-6-9(8-23-2)5-11(15)16-12/h5-7,22H,3-4,8H2,1-2H3. The van der Waals surface area contributed by atoms with Gasteiger partial charge in [0, 0.05) is 27.1 Å². The molecule has 3 heterocycles. The van der Waals surface area contributed by atoms with Crippen LogP contribution >= 0.6 is 11.6 Å². The number of aliphatic hydroxyl groups is 1. The summed E-state index contributed by atoms with van der Waals surface area (Å²) in [5.41, 5.74) is -0.613. The first-order chi connectivity index (χ1) is 10.9. The van der Waals surface area contributed by atoms with Crippen LogP contribution in [0.2, 0.25) is 5.15 Å². The number of pyridine rings is 1. The molecule has 2 aromatic heterocycles.